The largest absolute Gasteiger partial charge is 0.294 e. The van der Waals surface area contributed by atoms with E-state index in [1.807, 2.05) is 17.5 Å². The number of thiophene rings is 1. The van der Waals surface area contributed by atoms with Crippen molar-refractivity contribution >= 4 is 32.5 Å². The molecule has 0 aliphatic rings. The van der Waals surface area contributed by atoms with Crippen molar-refractivity contribution in [1.82, 2.24) is 9.97 Å². The molecule has 2 aromatic heterocycles. The molecule has 5 nitrogen and oxygen atoms in total. The molecule has 0 saturated heterocycles. The van der Waals surface area contributed by atoms with Gasteiger partial charge in [-0.25, -0.2) is 4.98 Å². The van der Waals surface area contributed by atoms with Gasteiger partial charge in [0.05, 0.1) is 32.7 Å². The molecule has 0 spiro atoms. The molecule has 0 amide bonds. The molecular weight excluding hydrogens is 284 g/mol. The molecule has 0 aliphatic carbocycles. The predicted molar refractivity (Wildman–Crippen MR) is 72.7 cm³/mol. The van der Waals surface area contributed by atoms with E-state index in [2.05, 4.69) is 9.97 Å². The first kappa shape index (κ1) is 12.2. The lowest BCUT2D eigenvalue weighted by molar-refractivity contribution is 0.483. The summed E-state index contributed by atoms with van der Waals surface area (Å²) < 4.78 is 31.2. The van der Waals surface area contributed by atoms with Crippen LogP contribution in [-0.4, -0.2) is 22.9 Å². The standard InChI is InChI=1S/C12H8N2O3S2/c15-19(16,17)8-3-4-9-10(6-8)14-11(7-13-9)12-2-1-5-18-12/h1-7H,(H,15,16,17). The van der Waals surface area contributed by atoms with Crippen LogP contribution >= 0.6 is 11.3 Å². The van der Waals surface area contributed by atoms with Crippen LogP contribution in [0.1, 0.15) is 0 Å². The van der Waals surface area contributed by atoms with E-state index in [1.54, 1.807) is 6.20 Å². The Morgan fingerprint density at radius 3 is 2.68 bits per heavy atom. The average molecular weight is 292 g/mol. The molecule has 0 unspecified atom stereocenters. The Kier molecular flexibility index (Phi) is 2.81. The number of benzene rings is 1. The summed E-state index contributed by atoms with van der Waals surface area (Å²) in [5, 5.41) is 1.93. The van der Waals surface area contributed by atoms with Gasteiger partial charge in [0.2, 0.25) is 0 Å². The molecule has 3 aromatic rings. The van der Waals surface area contributed by atoms with Gasteiger partial charge in [-0.15, -0.1) is 11.3 Å². The zero-order chi connectivity index (χ0) is 13.5. The zero-order valence-corrected chi connectivity index (χ0v) is 11.1. The van der Waals surface area contributed by atoms with E-state index in [4.69, 9.17) is 4.55 Å². The molecule has 3 rings (SSSR count). The third kappa shape index (κ3) is 2.35. The normalized spacial score (nSPS) is 11.8. The lowest BCUT2D eigenvalue weighted by Gasteiger charge is -2.02. The average Bonchev–Trinajstić information content (AvgIpc) is 2.90. The first-order valence-corrected chi connectivity index (χ1v) is 7.64. The Hall–Kier alpha value is -1.83. The SMILES string of the molecule is O=S(=O)(O)c1ccc2ncc(-c3cccs3)nc2c1. The molecule has 96 valence electrons. The Labute approximate surface area is 113 Å². The number of hydrogen-bond acceptors (Lipinski definition) is 5. The van der Waals surface area contributed by atoms with Crippen molar-refractivity contribution in [3.8, 4) is 10.6 Å². The van der Waals surface area contributed by atoms with E-state index < -0.39 is 10.1 Å². The summed E-state index contributed by atoms with van der Waals surface area (Å²) in [5.74, 6) is 0. The molecule has 0 fully saturated rings. The number of fused-ring (bicyclic) bond motifs is 1. The highest BCUT2D eigenvalue weighted by atomic mass is 32.2. The van der Waals surface area contributed by atoms with Crippen LogP contribution in [0.15, 0.2) is 46.8 Å². The first-order chi connectivity index (χ1) is 9.04. The molecule has 19 heavy (non-hydrogen) atoms. The van der Waals surface area contributed by atoms with Crippen molar-refractivity contribution in [2.24, 2.45) is 0 Å². The van der Waals surface area contributed by atoms with Gasteiger partial charge in [-0.2, -0.15) is 8.42 Å². The van der Waals surface area contributed by atoms with Gasteiger partial charge in [0.1, 0.15) is 0 Å². The van der Waals surface area contributed by atoms with E-state index in [0.29, 0.717) is 16.7 Å². The molecular formula is C12H8N2O3S2. The lowest BCUT2D eigenvalue weighted by Crippen LogP contribution is -1.98. The molecule has 2 heterocycles. The second-order valence-corrected chi connectivity index (χ2v) is 6.23. The maximum atomic E-state index is 11.1. The fourth-order valence-electron chi connectivity index (χ4n) is 1.69. The summed E-state index contributed by atoms with van der Waals surface area (Å²) in [6.45, 7) is 0. The van der Waals surface area contributed by atoms with Crippen molar-refractivity contribution in [2.45, 2.75) is 4.90 Å². The van der Waals surface area contributed by atoms with Crippen LogP contribution in [0.3, 0.4) is 0 Å². The van der Waals surface area contributed by atoms with Crippen LogP contribution in [0.4, 0.5) is 0 Å². The topological polar surface area (TPSA) is 80.2 Å². The zero-order valence-electron chi connectivity index (χ0n) is 9.52. The predicted octanol–water partition coefficient (Wildman–Crippen LogP) is 2.61. The van der Waals surface area contributed by atoms with Crippen LogP contribution in [0.25, 0.3) is 21.6 Å². The smallest absolute Gasteiger partial charge is 0.282 e. The van der Waals surface area contributed by atoms with Crippen LogP contribution in [-0.2, 0) is 10.1 Å². The number of hydrogen-bond donors (Lipinski definition) is 1. The third-order valence-electron chi connectivity index (χ3n) is 2.59. The molecule has 0 atom stereocenters. The number of aromatic nitrogens is 2. The summed E-state index contributed by atoms with van der Waals surface area (Å²) >= 11 is 1.52. The highest BCUT2D eigenvalue weighted by molar-refractivity contribution is 7.85. The van der Waals surface area contributed by atoms with E-state index >= 15 is 0 Å². The van der Waals surface area contributed by atoms with Crippen molar-refractivity contribution < 1.29 is 13.0 Å². The van der Waals surface area contributed by atoms with Crippen molar-refractivity contribution in [3.63, 3.8) is 0 Å². The van der Waals surface area contributed by atoms with Crippen LogP contribution in [0.5, 0.6) is 0 Å². The van der Waals surface area contributed by atoms with Gasteiger partial charge in [-0.3, -0.25) is 9.54 Å². The first-order valence-electron chi connectivity index (χ1n) is 5.32. The summed E-state index contributed by atoms with van der Waals surface area (Å²) in [7, 11) is -4.23. The van der Waals surface area contributed by atoms with Gasteiger partial charge >= 0.3 is 0 Å². The van der Waals surface area contributed by atoms with Gasteiger partial charge in [0.15, 0.2) is 0 Å². The lowest BCUT2D eigenvalue weighted by atomic mass is 10.3. The fourth-order valence-corrected chi connectivity index (χ4v) is 2.88. The second-order valence-electron chi connectivity index (χ2n) is 3.86. The Bertz CT molecular complexity index is 843. The molecule has 7 heteroatoms. The van der Waals surface area contributed by atoms with Crippen molar-refractivity contribution in [1.29, 1.82) is 0 Å². The number of nitrogens with zero attached hydrogens (tertiary/aromatic N) is 2. The Morgan fingerprint density at radius 2 is 2.00 bits per heavy atom. The minimum Gasteiger partial charge on any atom is -0.282 e. The second kappa shape index (κ2) is 4.37. The summed E-state index contributed by atoms with van der Waals surface area (Å²) in [6, 6.07) is 7.95. The van der Waals surface area contributed by atoms with Crippen LogP contribution < -0.4 is 0 Å². The Morgan fingerprint density at radius 1 is 1.16 bits per heavy atom. The Balaban J connectivity index is 2.21. The minimum atomic E-state index is -4.23. The molecule has 0 saturated carbocycles. The fraction of sp³-hybridized carbons (Fsp3) is 0. The highest BCUT2D eigenvalue weighted by Gasteiger charge is 2.11. The summed E-state index contributed by atoms with van der Waals surface area (Å²) in [4.78, 5) is 9.36. The van der Waals surface area contributed by atoms with E-state index in [1.165, 1.54) is 29.5 Å². The van der Waals surface area contributed by atoms with Gasteiger partial charge < -0.3 is 0 Å². The maximum Gasteiger partial charge on any atom is 0.294 e. The number of rotatable bonds is 2. The van der Waals surface area contributed by atoms with Crippen molar-refractivity contribution in [3.05, 3.63) is 41.9 Å². The quantitative estimate of drug-likeness (QED) is 0.734. The third-order valence-corrected chi connectivity index (χ3v) is 4.33. The molecule has 1 aromatic carbocycles. The van der Waals surface area contributed by atoms with Gasteiger partial charge in [0.25, 0.3) is 10.1 Å². The monoisotopic (exact) mass is 292 g/mol. The van der Waals surface area contributed by atoms with E-state index in [9.17, 15) is 8.42 Å². The van der Waals surface area contributed by atoms with Gasteiger partial charge in [-0.05, 0) is 29.6 Å². The van der Waals surface area contributed by atoms with Gasteiger partial charge in [0, 0.05) is 0 Å². The molecule has 0 aliphatic heterocycles. The molecule has 0 bridgehead atoms. The van der Waals surface area contributed by atoms with Crippen LogP contribution in [0, 0.1) is 0 Å². The van der Waals surface area contributed by atoms with Crippen molar-refractivity contribution in [2.75, 3.05) is 0 Å². The van der Waals surface area contributed by atoms with Crippen LogP contribution in [0.2, 0.25) is 0 Å². The molecule has 1 N–H and O–H groups in total. The highest BCUT2D eigenvalue weighted by Crippen LogP contribution is 2.24. The minimum absolute atomic E-state index is 0.183. The van der Waals surface area contributed by atoms with E-state index in [-0.39, 0.29) is 4.90 Å². The summed E-state index contributed by atoms with van der Waals surface area (Å²) in [6.07, 6.45) is 1.64. The van der Waals surface area contributed by atoms with Gasteiger partial charge in [-0.1, -0.05) is 6.07 Å². The summed E-state index contributed by atoms with van der Waals surface area (Å²) in [5.41, 5.74) is 1.68. The maximum absolute atomic E-state index is 11.1. The molecule has 0 radical (unpaired) electrons. The van der Waals surface area contributed by atoms with E-state index in [0.717, 1.165) is 4.88 Å².